The van der Waals surface area contributed by atoms with Crippen LogP contribution in [0.15, 0.2) is 42.7 Å². The van der Waals surface area contributed by atoms with Gasteiger partial charge in [-0.05, 0) is 42.1 Å². The lowest BCUT2D eigenvalue weighted by atomic mass is 9.89. The van der Waals surface area contributed by atoms with Crippen molar-refractivity contribution in [3.63, 3.8) is 0 Å². The summed E-state index contributed by atoms with van der Waals surface area (Å²) in [5, 5.41) is 3.50. The zero-order chi connectivity index (χ0) is 13.9. The van der Waals surface area contributed by atoms with E-state index >= 15 is 0 Å². The van der Waals surface area contributed by atoms with Crippen LogP contribution in [0.3, 0.4) is 0 Å². The van der Waals surface area contributed by atoms with Gasteiger partial charge in [-0.15, -0.1) is 0 Å². The van der Waals surface area contributed by atoms with Gasteiger partial charge in [0.2, 0.25) is 0 Å². The van der Waals surface area contributed by atoms with E-state index in [1.165, 1.54) is 17.3 Å². The maximum atomic E-state index is 13.5. The summed E-state index contributed by atoms with van der Waals surface area (Å²) in [7, 11) is 0. The zero-order valence-electron chi connectivity index (χ0n) is 11.6. The smallest absolute Gasteiger partial charge is 0.141 e. The van der Waals surface area contributed by atoms with Crippen molar-refractivity contribution in [1.29, 1.82) is 0 Å². The Morgan fingerprint density at radius 3 is 3.00 bits per heavy atom. The van der Waals surface area contributed by atoms with E-state index in [4.69, 9.17) is 0 Å². The van der Waals surface area contributed by atoms with Gasteiger partial charge in [0.1, 0.15) is 5.82 Å². The quantitative estimate of drug-likeness (QED) is 0.918. The Kier molecular flexibility index (Phi) is 3.79. The number of nitrogens with zero attached hydrogens (tertiary/aromatic N) is 1. The van der Waals surface area contributed by atoms with E-state index in [9.17, 15) is 4.39 Å². The fourth-order valence-electron chi connectivity index (χ4n) is 3.25. The lowest BCUT2D eigenvalue weighted by Gasteiger charge is -2.25. The molecule has 0 saturated carbocycles. The highest BCUT2D eigenvalue weighted by molar-refractivity contribution is 5.38. The molecule has 1 aliphatic rings. The van der Waals surface area contributed by atoms with Crippen LogP contribution in [0.5, 0.6) is 0 Å². The van der Waals surface area contributed by atoms with Crippen LogP contribution in [-0.4, -0.2) is 11.5 Å². The van der Waals surface area contributed by atoms with E-state index in [0.29, 0.717) is 5.92 Å². The molecule has 1 heterocycles. The largest absolute Gasteiger partial charge is 0.310 e. The average Bonchev–Trinajstić information content (AvgIpc) is 2.88. The van der Waals surface area contributed by atoms with E-state index < -0.39 is 0 Å². The highest BCUT2D eigenvalue weighted by Gasteiger charge is 2.30. The van der Waals surface area contributed by atoms with Gasteiger partial charge < -0.3 is 5.32 Å². The molecule has 20 heavy (non-hydrogen) atoms. The summed E-state index contributed by atoms with van der Waals surface area (Å²) in [4.78, 5) is 4.00. The van der Waals surface area contributed by atoms with Crippen molar-refractivity contribution in [2.45, 2.75) is 31.7 Å². The van der Waals surface area contributed by atoms with Gasteiger partial charge in [-0.1, -0.05) is 31.2 Å². The van der Waals surface area contributed by atoms with Gasteiger partial charge in [0.25, 0.3) is 0 Å². The van der Waals surface area contributed by atoms with Crippen LogP contribution in [0, 0.1) is 5.82 Å². The van der Waals surface area contributed by atoms with Crippen molar-refractivity contribution in [2.75, 3.05) is 6.54 Å². The summed E-state index contributed by atoms with van der Waals surface area (Å²) in [6, 6.07) is 10.3. The molecule has 2 unspecified atom stereocenters. The Morgan fingerprint density at radius 2 is 2.20 bits per heavy atom. The maximum absolute atomic E-state index is 13.5. The highest BCUT2D eigenvalue weighted by atomic mass is 19.1. The Bertz CT molecular complexity index is 597. The predicted octanol–water partition coefficient (Wildman–Crippen LogP) is 3.60. The highest BCUT2D eigenvalue weighted by Crippen LogP contribution is 2.41. The fraction of sp³-hybridized carbons (Fsp3) is 0.353. The lowest BCUT2D eigenvalue weighted by molar-refractivity contribution is 0.449. The molecule has 0 amide bonds. The first-order valence-electron chi connectivity index (χ1n) is 7.21. The molecule has 3 heteroatoms. The second kappa shape index (κ2) is 5.71. The minimum atomic E-state index is -0.267. The summed E-state index contributed by atoms with van der Waals surface area (Å²) in [5.41, 5.74) is 3.75. The molecule has 2 nitrogen and oxygen atoms in total. The molecule has 2 atom stereocenters. The third-order valence-electron chi connectivity index (χ3n) is 4.09. The monoisotopic (exact) mass is 270 g/mol. The molecular weight excluding hydrogens is 251 g/mol. The minimum absolute atomic E-state index is 0.131. The van der Waals surface area contributed by atoms with E-state index in [1.54, 1.807) is 12.3 Å². The van der Waals surface area contributed by atoms with Crippen LogP contribution < -0.4 is 5.32 Å². The molecule has 3 rings (SSSR count). The maximum Gasteiger partial charge on any atom is 0.141 e. The first kappa shape index (κ1) is 13.3. The van der Waals surface area contributed by atoms with Crippen molar-refractivity contribution in [2.24, 2.45) is 0 Å². The molecular formula is C17H19FN2. The van der Waals surface area contributed by atoms with Gasteiger partial charge >= 0.3 is 0 Å². The third-order valence-corrected chi connectivity index (χ3v) is 4.09. The van der Waals surface area contributed by atoms with Gasteiger partial charge in [-0.2, -0.15) is 0 Å². The van der Waals surface area contributed by atoms with Gasteiger partial charge in [0.05, 0.1) is 6.20 Å². The molecule has 2 aromatic rings. The predicted molar refractivity (Wildman–Crippen MR) is 78.1 cm³/mol. The van der Waals surface area contributed by atoms with E-state index in [0.717, 1.165) is 24.9 Å². The molecule has 1 aromatic heterocycles. The van der Waals surface area contributed by atoms with Crippen LogP contribution in [-0.2, 0) is 6.42 Å². The first-order valence-corrected chi connectivity index (χ1v) is 7.21. The third kappa shape index (κ3) is 2.46. The van der Waals surface area contributed by atoms with E-state index in [-0.39, 0.29) is 11.9 Å². The van der Waals surface area contributed by atoms with Crippen molar-refractivity contribution in [1.82, 2.24) is 10.3 Å². The van der Waals surface area contributed by atoms with Crippen molar-refractivity contribution in [3.05, 3.63) is 65.2 Å². The Morgan fingerprint density at radius 1 is 1.35 bits per heavy atom. The van der Waals surface area contributed by atoms with Gasteiger partial charge in [0, 0.05) is 18.2 Å². The molecule has 0 aliphatic heterocycles. The molecule has 0 saturated heterocycles. The van der Waals surface area contributed by atoms with E-state index in [2.05, 4.69) is 41.5 Å². The van der Waals surface area contributed by atoms with Crippen molar-refractivity contribution in [3.8, 4) is 0 Å². The standard InChI is InChI=1S/C17H19FN2/c1-2-20-17(13-9-14(18)11-19-10-13)16-8-7-12-5-3-4-6-15(12)16/h3-6,9-11,16-17,20H,2,7-8H2,1H3. The Hall–Kier alpha value is -1.74. The summed E-state index contributed by atoms with van der Waals surface area (Å²) in [5.74, 6) is 0.131. The number of rotatable bonds is 4. The second-order valence-corrected chi connectivity index (χ2v) is 5.32. The van der Waals surface area contributed by atoms with Gasteiger partial charge in [-0.3, -0.25) is 4.98 Å². The number of hydrogen-bond acceptors (Lipinski definition) is 2. The average molecular weight is 270 g/mol. The van der Waals surface area contributed by atoms with Crippen LogP contribution in [0.1, 0.15) is 42.0 Å². The van der Waals surface area contributed by atoms with Crippen molar-refractivity contribution >= 4 is 0 Å². The molecule has 1 aliphatic carbocycles. The SMILES string of the molecule is CCNC(c1cncc(F)c1)C1CCc2ccccc21. The molecule has 0 bridgehead atoms. The van der Waals surface area contributed by atoms with E-state index in [1.807, 2.05) is 0 Å². The topological polar surface area (TPSA) is 24.9 Å². The first-order chi connectivity index (χ1) is 9.79. The van der Waals surface area contributed by atoms with Crippen molar-refractivity contribution < 1.29 is 4.39 Å². The fourth-order valence-corrected chi connectivity index (χ4v) is 3.25. The summed E-state index contributed by atoms with van der Waals surface area (Å²) >= 11 is 0. The van der Waals surface area contributed by atoms with Crippen LogP contribution in [0.4, 0.5) is 4.39 Å². The summed E-state index contributed by atoms with van der Waals surface area (Å²) in [6.45, 7) is 2.94. The molecule has 0 fully saturated rings. The summed E-state index contributed by atoms with van der Waals surface area (Å²) < 4.78 is 13.5. The molecule has 104 valence electrons. The number of fused-ring (bicyclic) bond motifs is 1. The normalized spacial score (nSPS) is 18.8. The number of aryl methyl sites for hydroxylation is 1. The number of nitrogens with one attached hydrogen (secondary N) is 1. The number of pyridine rings is 1. The number of benzene rings is 1. The number of likely N-dealkylation sites (N-methyl/N-ethyl adjacent to an activating group) is 1. The number of hydrogen-bond donors (Lipinski definition) is 1. The number of halogens is 1. The Labute approximate surface area is 119 Å². The molecule has 0 spiro atoms. The van der Waals surface area contributed by atoms with Crippen LogP contribution in [0.25, 0.3) is 0 Å². The van der Waals surface area contributed by atoms with Gasteiger partial charge in [0.15, 0.2) is 0 Å². The zero-order valence-corrected chi connectivity index (χ0v) is 11.6. The molecule has 0 radical (unpaired) electrons. The Balaban J connectivity index is 1.96. The number of aromatic nitrogens is 1. The second-order valence-electron chi connectivity index (χ2n) is 5.32. The molecule has 1 aromatic carbocycles. The van der Waals surface area contributed by atoms with Crippen LogP contribution >= 0.6 is 0 Å². The van der Waals surface area contributed by atoms with Gasteiger partial charge in [-0.25, -0.2) is 4.39 Å². The minimum Gasteiger partial charge on any atom is -0.310 e. The van der Waals surface area contributed by atoms with Crippen LogP contribution in [0.2, 0.25) is 0 Å². The summed E-state index contributed by atoms with van der Waals surface area (Å²) in [6.07, 6.45) is 5.24. The molecule has 1 N–H and O–H groups in total. The lowest BCUT2D eigenvalue weighted by Crippen LogP contribution is -2.26.